The first-order chi connectivity index (χ1) is 9.74. The molecule has 2 fully saturated rings. The minimum absolute atomic E-state index is 0. The molecule has 0 radical (unpaired) electrons. The number of urea groups is 1. The number of hydrogen-bond acceptors (Lipinski definition) is 3. The molecule has 0 spiro atoms. The maximum absolute atomic E-state index is 11.7. The highest BCUT2D eigenvalue weighted by molar-refractivity contribution is 5.85. The molecule has 0 aromatic rings. The summed E-state index contributed by atoms with van der Waals surface area (Å²) in [6.45, 7) is 1.89. The second kappa shape index (κ2) is 9.84. The maximum Gasteiger partial charge on any atom is 0.315 e. The van der Waals surface area contributed by atoms with Gasteiger partial charge in [0.05, 0.1) is 6.54 Å². The Labute approximate surface area is 132 Å². The van der Waals surface area contributed by atoms with Crippen LogP contribution in [0.3, 0.4) is 0 Å². The average molecular weight is 319 g/mol. The second-order valence-corrected chi connectivity index (χ2v) is 5.77. The minimum atomic E-state index is -0.228. The Morgan fingerprint density at radius 1 is 0.952 bits per heavy atom. The molecule has 4 N–H and O–H groups in total. The van der Waals surface area contributed by atoms with Crippen molar-refractivity contribution in [3.05, 3.63) is 0 Å². The van der Waals surface area contributed by atoms with Gasteiger partial charge in [-0.05, 0) is 32.2 Å². The first-order valence-electron chi connectivity index (χ1n) is 7.78. The summed E-state index contributed by atoms with van der Waals surface area (Å²) in [7, 11) is 0. The Balaban J connectivity index is 0.00000220. The summed E-state index contributed by atoms with van der Waals surface area (Å²) in [4.78, 5) is 23.4. The van der Waals surface area contributed by atoms with E-state index in [1.165, 1.54) is 19.3 Å². The van der Waals surface area contributed by atoms with Gasteiger partial charge in [-0.15, -0.1) is 12.4 Å². The van der Waals surface area contributed by atoms with Crippen molar-refractivity contribution >= 4 is 24.3 Å². The molecule has 0 bridgehead atoms. The van der Waals surface area contributed by atoms with Gasteiger partial charge >= 0.3 is 6.03 Å². The van der Waals surface area contributed by atoms with Crippen LogP contribution in [-0.2, 0) is 4.79 Å². The molecule has 1 saturated carbocycles. The van der Waals surface area contributed by atoms with Crippen molar-refractivity contribution in [2.75, 3.05) is 19.6 Å². The van der Waals surface area contributed by atoms with Crippen LogP contribution >= 0.6 is 12.4 Å². The molecule has 1 aliphatic heterocycles. The number of halogens is 1. The van der Waals surface area contributed by atoms with Crippen LogP contribution in [0.1, 0.15) is 44.9 Å². The zero-order valence-electron chi connectivity index (χ0n) is 12.5. The van der Waals surface area contributed by atoms with E-state index in [0.29, 0.717) is 0 Å². The van der Waals surface area contributed by atoms with Crippen molar-refractivity contribution in [1.82, 2.24) is 21.3 Å². The van der Waals surface area contributed by atoms with E-state index >= 15 is 0 Å². The van der Waals surface area contributed by atoms with E-state index in [1.54, 1.807) is 0 Å². The fourth-order valence-electron chi connectivity index (χ4n) is 2.90. The highest BCUT2D eigenvalue weighted by atomic mass is 35.5. The monoisotopic (exact) mass is 318 g/mol. The summed E-state index contributed by atoms with van der Waals surface area (Å²) >= 11 is 0. The number of rotatable bonds is 4. The summed E-state index contributed by atoms with van der Waals surface area (Å²) < 4.78 is 0. The first-order valence-corrected chi connectivity index (χ1v) is 7.78. The lowest BCUT2D eigenvalue weighted by Gasteiger charge is -2.24. The molecule has 1 unspecified atom stereocenters. The van der Waals surface area contributed by atoms with Gasteiger partial charge in [-0.1, -0.05) is 19.3 Å². The molecule has 2 aliphatic rings. The van der Waals surface area contributed by atoms with Crippen LogP contribution in [0.4, 0.5) is 4.79 Å². The molecule has 6 nitrogen and oxygen atoms in total. The van der Waals surface area contributed by atoms with Crippen molar-refractivity contribution in [2.24, 2.45) is 0 Å². The van der Waals surface area contributed by atoms with E-state index in [4.69, 9.17) is 0 Å². The summed E-state index contributed by atoms with van der Waals surface area (Å²) in [6.07, 6.45) is 7.81. The Kier molecular flexibility index (Phi) is 8.45. The predicted octanol–water partition coefficient (Wildman–Crippen LogP) is 0.908. The topological polar surface area (TPSA) is 82.3 Å². The fourth-order valence-corrected chi connectivity index (χ4v) is 2.90. The number of carbonyl (C=O) groups is 2. The summed E-state index contributed by atoms with van der Waals surface area (Å²) in [6, 6.07) is 0.239. The molecule has 1 aliphatic carbocycles. The number of nitrogens with one attached hydrogen (secondary N) is 4. The van der Waals surface area contributed by atoms with Crippen LogP contribution in [0.5, 0.6) is 0 Å². The van der Waals surface area contributed by atoms with Crippen molar-refractivity contribution in [2.45, 2.75) is 57.0 Å². The minimum Gasteiger partial charge on any atom is -0.351 e. The van der Waals surface area contributed by atoms with Gasteiger partial charge in [-0.2, -0.15) is 0 Å². The standard InChI is InChI=1S/C14H26N4O2.ClH/c19-13(17-12-7-4-8-15-9-12)10-16-14(20)18-11-5-2-1-3-6-11;/h11-12,15H,1-10H2,(H,17,19)(H2,16,18,20);1H. The zero-order valence-corrected chi connectivity index (χ0v) is 13.3. The molecule has 1 heterocycles. The fraction of sp³-hybridized carbons (Fsp3) is 0.857. The van der Waals surface area contributed by atoms with Gasteiger partial charge in [0.2, 0.25) is 5.91 Å². The summed E-state index contributed by atoms with van der Waals surface area (Å²) in [5.41, 5.74) is 0. The van der Waals surface area contributed by atoms with Crippen molar-refractivity contribution in [3.8, 4) is 0 Å². The number of hydrogen-bond donors (Lipinski definition) is 4. The lowest BCUT2D eigenvalue weighted by atomic mass is 9.96. The molecule has 0 aromatic heterocycles. The SMILES string of the molecule is Cl.O=C(CNC(=O)NC1CCCCC1)NC1CCCNC1. The molecule has 3 amide bonds. The third kappa shape index (κ3) is 7.00. The van der Waals surface area contributed by atoms with Gasteiger partial charge in [0, 0.05) is 18.6 Å². The van der Waals surface area contributed by atoms with Gasteiger partial charge in [0.25, 0.3) is 0 Å². The van der Waals surface area contributed by atoms with Crippen molar-refractivity contribution in [3.63, 3.8) is 0 Å². The molecule has 1 atom stereocenters. The molecule has 1 saturated heterocycles. The number of piperidine rings is 1. The predicted molar refractivity (Wildman–Crippen MR) is 84.7 cm³/mol. The second-order valence-electron chi connectivity index (χ2n) is 5.77. The normalized spacial score (nSPS) is 22.8. The van der Waals surface area contributed by atoms with Gasteiger partial charge < -0.3 is 21.3 Å². The molecule has 0 aromatic carbocycles. The third-order valence-corrected chi connectivity index (χ3v) is 4.01. The zero-order chi connectivity index (χ0) is 14.2. The molecular weight excluding hydrogens is 292 g/mol. The lowest BCUT2D eigenvalue weighted by Crippen LogP contribution is -2.50. The first kappa shape index (κ1) is 18.0. The molecule has 21 heavy (non-hydrogen) atoms. The summed E-state index contributed by atoms with van der Waals surface area (Å²) in [5.74, 6) is -0.113. The summed E-state index contributed by atoms with van der Waals surface area (Å²) in [5, 5.41) is 11.8. The molecular formula is C14H27ClN4O2. The van der Waals surface area contributed by atoms with Crippen molar-refractivity contribution < 1.29 is 9.59 Å². The van der Waals surface area contributed by atoms with Crippen LogP contribution < -0.4 is 21.3 Å². The van der Waals surface area contributed by atoms with Gasteiger partial charge in [-0.25, -0.2) is 4.79 Å². The molecule has 122 valence electrons. The average Bonchev–Trinajstić information content (AvgIpc) is 2.47. The van der Waals surface area contributed by atoms with Crippen LogP contribution in [0.15, 0.2) is 0 Å². The Morgan fingerprint density at radius 3 is 2.33 bits per heavy atom. The van der Waals surface area contributed by atoms with Crippen molar-refractivity contribution in [1.29, 1.82) is 0 Å². The highest BCUT2D eigenvalue weighted by Crippen LogP contribution is 2.17. The number of amides is 3. The quantitative estimate of drug-likeness (QED) is 0.622. The van der Waals surface area contributed by atoms with E-state index in [1.807, 2.05) is 0 Å². The van der Waals surface area contributed by atoms with Crippen LogP contribution in [-0.4, -0.2) is 43.7 Å². The van der Waals surface area contributed by atoms with E-state index < -0.39 is 0 Å². The lowest BCUT2D eigenvalue weighted by molar-refractivity contribution is -0.120. The van der Waals surface area contributed by atoms with E-state index in [-0.39, 0.29) is 43.0 Å². The third-order valence-electron chi connectivity index (χ3n) is 4.01. The molecule has 2 rings (SSSR count). The van der Waals surface area contributed by atoms with Crippen LogP contribution in [0, 0.1) is 0 Å². The highest BCUT2D eigenvalue weighted by Gasteiger charge is 2.17. The van der Waals surface area contributed by atoms with Gasteiger partial charge in [0.1, 0.15) is 0 Å². The Hall–Kier alpha value is -1.01. The largest absolute Gasteiger partial charge is 0.351 e. The van der Waals surface area contributed by atoms with E-state index in [0.717, 1.165) is 38.8 Å². The number of carbonyl (C=O) groups excluding carboxylic acids is 2. The van der Waals surface area contributed by atoms with Crippen LogP contribution in [0.25, 0.3) is 0 Å². The Bertz CT molecular complexity index is 297. The van der Waals surface area contributed by atoms with Gasteiger partial charge in [-0.3, -0.25) is 4.79 Å². The molecule has 7 heteroatoms. The van der Waals surface area contributed by atoms with Gasteiger partial charge in [0.15, 0.2) is 0 Å². The van der Waals surface area contributed by atoms with E-state index in [2.05, 4.69) is 21.3 Å². The smallest absolute Gasteiger partial charge is 0.315 e. The Morgan fingerprint density at radius 2 is 1.67 bits per heavy atom. The maximum atomic E-state index is 11.7. The van der Waals surface area contributed by atoms with Crippen LogP contribution in [0.2, 0.25) is 0 Å². The van der Waals surface area contributed by atoms with E-state index in [9.17, 15) is 9.59 Å².